The van der Waals surface area contributed by atoms with Gasteiger partial charge in [-0.15, -0.1) is 0 Å². The van der Waals surface area contributed by atoms with Crippen molar-refractivity contribution in [3.05, 3.63) is 287 Å². The van der Waals surface area contributed by atoms with Crippen molar-refractivity contribution in [3.8, 4) is 33.6 Å². The SMILES string of the molecule is C1=CC2=CCc3ccc(-c4cc5c6c(c4)c4c7c8ccccc8c8ccccc8c7ccc4n6-c4cccc6c4B5c4cc5c7ccccc7c7ccccc7c5c5c7cc(-c8ccc9c%10c%11c(ccc8%10)C=CCC%11=CC9)ccc7n-6c45)c4c3C2C(=C1)C=C4. The molecule has 16 aromatic rings. The van der Waals surface area contributed by atoms with Crippen LogP contribution in [0, 0.1) is 0 Å². The Bertz CT molecular complexity index is 6400. The van der Waals surface area contributed by atoms with Crippen LogP contribution in [0.5, 0.6) is 0 Å². The largest absolute Gasteiger partial charge is 0.310 e. The van der Waals surface area contributed by atoms with E-state index in [1.807, 2.05) is 0 Å². The average Bonchev–Trinajstić information content (AvgIpc) is 1.56. The Morgan fingerprint density at radius 2 is 1.02 bits per heavy atom. The Hall–Kier alpha value is -11.0. The topological polar surface area (TPSA) is 9.86 Å². The summed E-state index contributed by atoms with van der Waals surface area (Å²) in [5, 5.41) is 23.7. The molecule has 2 nitrogen and oxygen atoms in total. The highest BCUT2D eigenvalue weighted by Gasteiger charge is 2.43. The van der Waals surface area contributed by atoms with E-state index in [1.54, 1.807) is 0 Å². The first kappa shape index (κ1) is 46.3. The highest BCUT2D eigenvalue weighted by molar-refractivity contribution is 7.00. The maximum absolute atomic E-state index is 2.70. The fraction of sp³-hybridized carbons (Fsp3) is 0.0465. The number of fused-ring (bicyclic) bond motifs is 24. The van der Waals surface area contributed by atoms with Gasteiger partial charge in [0.25, 0.3) is 6.71 Å². The van der Waals surface area contributed by atoms with Crippen LogP contribution in [-0.4, -0.2) is 15.8 Å². The van der Waals surface area contributed by atoms with E-state index in [1.165, 1.54) is 219 Å². The third-order valence-electron chi connectivity index (χ3n) is 22.3. The molecular formula is C86H49BN2. The smallest absolute Gasteiger partial charge is 0.252 e. The Balaban J connectivity index is 0.890. The van der Waals surface area contributed by atoms with E-state index < -0.39 is 0 Å². The third-order valence-corrected chi connectivity index (χ3v) is 22.3. The highest BCUT2D eigenvalue weighted by atomic mass is 15.0. The van der Waals surface area contributed by atoms with Gasteiger partial charge in [-0.05, 0) is 209 Å². The maximum atomic E-state index is 2.70. The lowest BCUT2D eigenvalue weighted by atomic mass is 9.34. The van der Waals surface area contributed by atoms with Gasteiger partial charge in [0.1, 0.15) is 0 Å². The molecule has 4 heterocycles. The highest BCUT2D eigenvalue weighted by Crippen LogP contribution is 2.53. The number of benzene rings is 14. The normalized spacial score (nSPS) is 16.1. The van der Waals surface area contributed by atoms with Crippen molar-refractivity contribution >= 4 is 160 Å². The number of hydrogen-bond acceptors (Lipinski definition) is 0. The second-order valence-electron chi connectivity index (χ2n) is 26.2. The Labute approximate surface area is 511 Å². The molecule has 1 atom stereocenters. The third kappa shape index (κ3) is 5.57. The molecule has 7 aliphatic rings. The molecule has 89 heavy (non-hydrogen) atoms. The van der Waals surface area contributed by atoms with Gasteiger partial charge in [0, 0.05) is 55.1 Å². The Kier molecular flexibility index (Phi) is 8.39. The lowest BCUT2D eigenvalue weighted by Crippen LogP contribution is -2.59. The fourth-order valence-corrected chi connectivity index (χ4v) is 18.9. The van der Waals surface area contributed by atoms with Gasteiger partial charge < -0.3 is 9.13 Å². The summed E-state index contributed by atoms with van der Waals surface area (Å²) < 4.78 is 5.39. The first-order chi connectivity index (χ1) is 44.2. The van der Waals surface area contributed by atoms with E-state index in [0.717, 1.165) is 19.3 Å². The zero-order chi connectivity index (χ0) is 57.2. The molecular weight excluding hydrogens is 1070 g/mol. The zero-order valence-corrected chi connectivity index (χ0v) is 48.4. The van der Waals surface area contributed by atoms with Crippen LogP contribution >= 0.6 is 0 Å². The summed E-state index contributed by atoms with van der Waals surface area (Å²) in [6, 6.07) is 78.8. The standard InChI is InChI=1S/C86H49BN2/c1-3-20-60-56(16-1)58-18-5-7-22-62(58)80-66(60)39-41-73-82(80)69-43-53(55-36-31-51-29-27-47-13-10-15-49-33-38-65(55)79(51)77(47)49)44-70-85(69)89(73)75-25-11-24-74-84(75)87(70)71-45-67-61-21-4-2-17-57(61)59-19-6-8-23-63(59)81(67)83-68-42-52(34-40-72(68)88(74)86(71)83)54-35-30-50-28-26-46-12-9-14-48-32-37-64(54)78(50)76(46)48/h1-11,13-27,30-45,77H,12,28-29H2. The molecule has 3 heteroatoms. The summed E-state index contributed by atoms with van der Waals surface area (Å²) in [4.78, 5) is 0. The molecule has 0 fully saturated rings. The maximum Gasteiger partial charge on any atom is 0.252 e. The molecule has 2 aromatic heterocycles. The van der Waals surface area contributed by atoms with Gasteiger partial charge in [-0.2, -0.15) is 0 Å². The van der Waals surface area contributed by atoms with Gasteiger partial charge in [0.15, 0.2) is 0 Å². The number of aromatic nitrogens is 2. The minimum atomic E-state index is -0.0979. The summed E-state index contributed by atoms with van der Waals surface area (Å²) >= 11 is 0. The molecule has 0 radical (unpaired) electrons. The van der Waals surface area contributed by atoms with Crippen molar-refractivity contribution in [2.75, 3.05) is 0 Å². The summed E-state index contributed by atoms with van der Waals surface area (Å²) in [5.74, 6) is 0.250. The van der Waals surface area contributed by atoms with Crippen LogP contribution in [0.4, 0.5) is 0 Å². The lowest BCUT2D eigenvalue weighted by Gasteiger charge is -2.35. The monoisotopic (exact) mass is 1120 g/mol. The first-order valence-electron chi connectivity index (χ1n) is 31.9. The average molecular weight is 1120 g/mol. The predicted octanol–water partition coefficient (Wildman–Crippen LogP) is 19.9. The predicted molar refractivity (Wildman–Crippen MR) is 379 cm³/mol. The number of rotatable bonds is 2. The van der Waals surface area contributed by atoms with E-state index in [4.69, 9.17) is 0 Å². The lowest BCUT2D eigenvalue weighted by molar-refractivity contribution is 0.893. The van der Waals surface area contributed by atoms with Gasteiger partial charge in [0.2, 0.25) is 0 Å². The van der Waals surface area contributed by atoms with Crippen molar-refractivity contribution in [1.29, 1.82) is 0 Å². The molecule has 406 valence electrons. The summed E-state index contributed by atoms with van der Waals surface area (Å²) in [6.45, 7) is -0.0979. The molecule has 0 amide bonds. The van der Waals surface area contributed by atoms with Crippen LogP contribution < -0.4 is 16.4 Å². The van der Waals surface area contributed by atoms with Gasteiger partial charge in [-0.1, -0.05) is 218 Å². The molecule has 0 saturated heterocycles. The molecule has 0 bridgehead atoms. The van der Waals surface area contributed by atoms with E-state index >= 15 is 0 Å². The van der Waals surface area contributed by atoms with Crippen molar-refractivity contribution < 1.29 is 0 Å². The number of allylic oxidation sites excluding steroid dienone is 10. The van der Waals surface area contributed by atoms with Gasteiger partial charge in [0.05, 0.1) is 16.6 Å². The summed E-state index contributed by atoms with van der Waals surface area (Å²) in [6.07, 6.45) is 24.3. The van der Waals surface area contributed by atoms with E-state index in [9.17, 15) is 0 Å². The molecule has 2 aliphatic heterocycles. The Morgan fingerprint density at radius 1 is 0.382 bits per heavy atom. The van der Waals surface area contributed by atoms with Crippen LogP contribution in [0.15, 0.2) is 254 Å². The molecule has 0 saturated carbocycles. The van der Waals surface area contributed by atoms with Gasteiger partial charge in [-0.25, -0.2) is 0 Å². The van der Waals surface area contributed by atoms with Crippen LogP contribution in [0.3, 0.4) is 0 Å². The molecule has 14 aromatic carbocycles. The van der Waals surface area contributed by atoms with E-state index in [-0.39, 0.29) is 12.6 Å². The minimum Gasteiger partial charge on any atom is -0.310 e. The molecule has 0 spiro atoms. The zero-order valence-electron chi connectivity index (χ0n) is 48.4. The quantitative estimate of drug-likeness (QED) is 0.121. The van der Waals surface area contributed by atoms with Crippen molar-refractivity contribution in [2.45, 2.75) is 25.2 Å². The molecule has 0 N–H and O–H groups in total. The minimum absolute atomic E-state index is 0.0979. The van der Waals surface area contributed by atoms with Gasteiger partial charge >= 0.3 is 0 Å². The number of hydrogen-bond donors (Lipinski definition) is 0. The van der Waals surface area contributed by atoms with Crippen molar-refractivity contribution in [2.24, 2.45) is 0 Å². The van der Waals surface area contributed by atoms with Gasteiger partial charge in [-0.3, -0.25) is 0 Å². The van der Waals surface area contributed by atoms with Crippen LogP contribution in [0.25, 0.3) is 170 Å². The fourth-order valence-electron chi connectivity index (χ4n) is 18.9. The van der Waals surface area contributed by atoms with Crippen LogP contribution in [0.2, 0.25) is 0 Å². The second kappa shape index (κ2) is 16.1. The second-order valence-corrected chi connectivity index (χ2v) is 26.2. The summed E-state index contributed by atoms with van der Waals surface area (Å²) in [5.41, 5.74) is 29.6. The van der Waals surface area contributed by atoms with E-state index in [2.05, 4.69) is 264 Å². The van der Waals surface area contributed by atoms with Crippen molar-refractivity contribution in [3.63, 3.8) is 0 Å². The number of nitrogens with zero attached hydrogens (tertiary/aromatic N) is 2. The molecule has 5 aliphatic carbocycles. The molecule has 23 rings (SSSR count). The molecule has 1 unspecified atom stereocenters. The Morgan fingerprint density at radius 3 is 1.81 bits per heavy atom. The summed E-state index contributed by atoms with van der Waals surface area (Å²) in [7, 11) is 0. The first-order valence-corrected chi connectivity index (χ1v) is 31.9. The van der Waals surface area contributed by atoms with E-state index in [0.29, 0.717) is 0 Å². The van der Waals surface area contributed by atoms with Crippen LogP contribution in [-0.2, 0) is 12.8 Å². The van der Waals surface area contributed by atoms with Crippen molar-refractivity contribution in [1.82, 2.24) is 9.13 Å². The van der Waals surface area contributed by atoms with Crippen LogP contribution in [0.1, 0.15) is 45.7 Å².